The second-order valence-corrected chi connectivity index (χ2v) is 6.20. The molecular weight excluding hydrogens is 371 g/mol. The van der Waals surface area contributed by atoms with E-state index in [0.29, 0.717) is 16.9 Å². The van der Waals surface area contributed by atoms with E-state index >= 15 is 0 Å². The van der Waals surface area contributed by atoms with E-state index in [1.54, 1.807) is 31.2 Å². The number of amides is 1. The van der Waals surface area contributed by atoms with Crippen LogP contribution in [0.4, 0.5) is 18.9 Å². The van der Waals surface area contributed by atoms with Crippen molar-refractivity contribution in [3.8, 4) is 16.8 Å². The number of anilines is 1. The van der Waals surface area contributed by atoms with Gasteiger partial charge in [-0.05, 0) is 48.9 Å². The zero-order chi connectivity index (χ0) is 20.5. The Bertz CT molecular complexity index is 1070. The third kappa shape index (κ3) is 4.11. The molecule has 0 bridgehead atoms. The molecule has 1 N–H and O–H groups in total. The van der Waals surface area contributed by atoms with Gasteiger partial charge in [0.15, 0.2) is 0 Å². The van der Waals surface area contributed by atoms with Gasteiger partial charge in [0.1, 0.15) is 0 Å². The molecule has 1 heterocycles. The molecule has 28 heavy (non-hydrogen) atoms. The Balaban J connectivity index is 1.95. The topological polar surface area (TPSA) is 64.0 Å². The van der Waals surface area contributed by atoms with Crippen molar-refractivity contribution in [1.29, 1.82) is 0 Å². The van der Waals surface area contributed by atoms with E-state index < -0.39 is 17.3 Å². The first kappa shape index (κ1) is 19.3. The lowest BCUT2D eigenvalue weighted by atomic mass is 10.0. The van der Waals surface area contributed by atoms with Crippen LogP contribution in [0, 0.1) is 6.92 Å². The van der Waals surface area contributed by atoms with E-state index in [-0.39, 0.29) is 11.6 Å². The average Bonchev–Trinajstić information content (AvgIpc) is 2.63. The maximum Gasteiger partial charge on any atom is 0.416 e. The molecule has 0 unspecified atom stereocenters. The van der Waals surface area contributed by atoms with Crippen LogP contribution in [-0.4, -0.2) is 15.7 Å². The van der Waals surface area contributed by atoms with Gasteiger partial charge in [0.05, 0.1) is 16.9 Å². The van der Waals surface area contributed by atoms with Crippen LogP contribution < -0.4 is 10.9 Å². The Labute approximate surface area is 158 Å². The van der Waals surface area contributed by atoms with Crippen molar-refractivity contribution in [2.45, 2.75) is 20.0 Å². The molecular formula is C20H16F3N3O2. The molecule has 0 aliphatic rings. The maximum atomic E-state index is 12.7. The highest BCUT2D eigenvalue weighted by Crippen LogP contribution is 2.29. The Hall–Kier alpha value is -3.42. The summed E-state index contributed by atoms with van der Waals surface area (Å²) in [5.74, 6) is -0.190. The molecule has 0 fully saturated rings. The molecule has 1 amide bonds. The smallest absolute Gasteiger partial charge is 0.326 e. The minimum Gasteiger partial charge on any atom is -0.326 e. The standard InChI is InChI=1S/C20H16F3N3O2/c1-12-18(14-3-7-16(8-4-14)24-13(2)27)11-19(28)26(25-12)17-9-5-15(6-10-17)20(21,22)23/h3-11H,1-2H3,(H,24,27). The van der Waals surface area contributed by atoms with Gasteiger partial charge in [-0.3, -0.25) is 9.59 Å². The number of carbonyl (C=O) groups excluding carboxylic acids is 1. The third-order valence-electron chi connectivity index (χ3n) is 4.07. The highest BCUT2D eigenvalue weighted by molar-refractivity contribution is 5.89. The molecule has 0 spiro atoms. The number of alkyl halides is 3. The zero-order valence-electron chi connectivity index (χ0n) is 15.0. The monoisotopic (exact) mass is 387 g/mol. The highest BCUT2D eigenvalue weighted by atomic mass is 19.4. The number of aromatic nitrogens is 2. The Kier molecular flexibility index (Phi) is 5.04. The number of nitrogens with zero attached hydrogens (tertiary/aromatic N) is 2. The fraction of sp³-hybridized carbons (Fsp3) is 0.150. The average molecular weight is 387 g/mol. The summed E-state index contributed by atoms with van der Waals surface area (Å²) in [6, 6.07) is 12.5. The van der Waals surface area contributed by atoms with Crippen molar-refractivity contribution < 1.29 is 18.0 Å². The molecule has 0 saturated carbocycles. The number of carbonyl (C=O) groups is 1. The van der Waals surface area contributed by atoms with E-state index in [9.17, 15) is 22.8 Å². The molecule has 0 aliphatic carbocycles. The second-order valence-electron chi connectivity index (χ2n) is 6.20. The van der Waals surface area contributed by atoms with E-state index in [1.807, 2.05) is 0 Å². The van der Waals surface area contributed by atoms with Gasteiger partial charge in [-0.15, -0.1) is 0 Å². The van der Waals surface area contributed by atoms with Gasteiger partial charge in [-0.25, -0.2) is 0 Å². The molecule has 3 aromatic rings. The van der Waals surface area contributed by atoms with Crippen LogP contribution in [0.2, 0.25) is 0 Å². The lowest BCUT2D eigenvalue weighted by Crippen LogP contribution is -2.22. The van der Waals surface area contributed by atoms with E-state index in [0.717, 1.165) is 22.4 Å². The van der Waals surface area contributed by atoms with Gasteiger partial charge in [0.2, 0.25) is 5.91 Å². The van der Waals surface area contributed by atoms with Gasteiger partial charge >= 0.3 is 6.18 Å². The van der Waals surface area contributed by atoms with E-state index in [4.69, 9.17) is 0 Å². The highest BCUT2D eigenvalue weighted by Gasteiger charge is 2.30. The Morgan fingerprint density at radius 1 is 1.04 bits per heavy atom. The van der Waals surface area contributed by atoms with Crippen molar-refractivity contribution in [1.82, 2.24) is 9.78 Å². The minimum atomic E-state index is -4.44. The molecule has 0 atom stereocenters. The Morgan fingerprint density at radius 2 is 1.64 bits per heavy atom. The number of aryl methyl sites for hydroxylation is 1. The van der Waals surface area contributed by atoms with Crippen LogP contribution in [-0.2, 0) is 11.0 Å². The molecule has 2 aromatic carbocycles. The molecule has 1 aromatic heterocycles. The molecule has 5 nitrogen and oxygen atoms in total. The third-order valence-corrected chi connectivity index (χ3v) is 4.07. The molecule has 8 heteroatoms. The number of halogens is 3. The lowest BCUT2D eigenvalue weighted by molar-refractivity contribution is -0.137. The van der Waals surface area contributed by atoms with Gasteiger partial charge in [-0.2, -0.15) is 23.0 Å². The van der Waals surface area contributed by atoms with Crippen LogP contribution in [0.5, 0.6) is 0 Å². The minimum absolute atomic E-state index is 0.190. The molecule has 0 aliphatic heterocycles. The van der Waals surface area contributed by atoms with Gasteiger partial charge < -0.3 is 5.32 Å². The molecule has 3 rings (SSSR count). The number of rotatable bonds is 3. The zero-order valence-corrected chi connectivity index (χ0v) is 15.0. The van der Waals surface area contributed by atoms with Crippen molar-refractivity contribution >= 4 is 11.6 Å². The van der Waals surface area contributed by atoms with E-state index in [2.05, 4.69) is 10.4 Å². The summed E-state index contributed by atoms with van der Waals surface area (Å²) >= 11 is 0. The van der Waals surface area contributed by atoms with Gasteiger partial charge in [0.25, 0.3) is 5.56 Å². The van der Waals surface area contributed by atoms with Crippen molar-refractivity contribution in [2.75, 3.05) is 5.32 Å². The predicted molar refractivity (Wildman–Crippen MR) is 99.3 cm³/mol. The number of benzene rings is 2. The summed E-state index contributed by atoms with van der Waals surface area (Å²) in [4.78, 5) is 23.6. The summed E-state index contributed by atoms with van der Waals surface area (Å²) in [6.45, 7) is 3.11. The van der Waals surface area contributed by atoms with Crippen LogP contribution in [0.3, 0.4) is 0 Å². The molecule has 0 radical (unpaired) electrons. The number of hydrogen-bond acceptors (Lipinski definition) is 3. The molecule has 144 valence electrons. The lowest BCUT2D eigenvalue weighted by Gasteiger charge is -2.11. The first-order valence-electron chi connectivity index (χ1n) is 8.32. The fourth-order valence-electron chi connectivity index (χ4n) is 2.75. The van der Waals surface area contributed by atoms with Crippen LogP contribution in [0.1, 0.15) is 18.2 Å². The fourth-order valence-corrected chi connectivity index (χ4v) is 2.75. The normalized spacial score (nSPS) is 11.3. The SMILES string of the molecule is CC(=O)Nc1ccc(-c2cc(=O)n(-c3ccc(C(F)(F)F)cc3)nc2C)cc1. The molecule has 0 saturated heterocycles. The number of hydrogen-bond donors (Lipinski definition) is 1. The number of nitrogens with one attached hydrogen (secondary N) is 1. The van der Waals surface area contributed by atoms with Crippen molar-refractivity contribution in [3.63, 3.8) is 0 Å². The Morgan fingerprint density at radius 3 is 2.18 bits per heavy atom. The van der Waals surface area contributed by atoms with Crippen LogP contribution in [0.15, 0.2) is 59.4 Å². The van der Waals surface area contributed by atoms with Gasteiger partial charge in [0, 0.05) is 24.2 Å². The maximum absolute atomic E-state index is 12.7. The van der Waals surface area contributed by atoms with Crippen molar-refractivity contribution in [2.24, 2.45) is 0 Å². The van der Waals surface area contributed by atoms with Gasteiger partial charge in [-0.1, -0.05) is 12.1 Å². The second kappa shape index (κ2) is 7.30. The largest absolute Gasteiger partial charge is 0.416 e. The summed E-state index contributed by atoms with van der Waals surface area (Å²) < 4.78 is 39.2. The quantitative estimate of drug-likeness (QED) is 0.733. The van der Waals surface area contributed by atoms with Crippen LogP contribution >= 0.6 is 0 Å². The summed E-state index contributed by atoms with van der Waals surface area (Å²) in [5, 5.41) is 6.89. The summed E-state index contributed by atoms with van der Waals surface area (Å²) in [6.07, 6.45) is -4.44. The summed E-state index contributed by atoms with van der Waals surface area (Å²) in [7, 11) is 0. The summed E-state index contributed by atoms with van der Waals surface area (Å²) in [5.41, 5.74) is 1.47. The predicted octanol–water partition coefficient (Wildman–Crippen LogP) is 4.19. The first-order chi connectivity index (χ1) is 13.1. The first-order valence-corrected chi connectivity index (χ1v) is 8.32. The van der Waals surface area contributed by atoms with Crippen molar-refractivity contribution in [3.05, 3.63) is 76.2 Å². The van der Waals surface area contributed by atoms with E-state index in [1.165, 1.54) is 25.1 Å². The van der Waals surface area contributed by atoms with Crippen LogP contribution in [0.25, 0.3) is 16.8 Å².